The second-order valence-corrected chi connectivity index (χ2v) is 5.45. The van der Waals surface area contributed by atoms with Crippen molar-refractivity contribution in [2.75, 3.05) is 7.11 Å². The smallest absolute Gasteiger partial charge is 0.299 e. The van der Waals surface area contributed by atoms with E-state index in [1.165, 1.54) is 17.7 Å². The van der Waals surface area contributed by atoms with Crippen molar-refractivity contribution in [2.45, 2.75) is 13.5 Å². The van der Waals surface area contributed by atoms with Crippen LogP contribution in [0.25, 0.3) is 0 Å². The molecule has 0 unspecified atom stereocenters. The maximum absolute atomic E-state index is 11.9. The quantitative estimate of drug-likeness (QED) is 0.874. The molecule has 0 spiro atoms. The van der Waals surface area contributed by atoms with E-state index in [4.69, 9.17) is 4.74 Å². The van der Waals surface area contributed by atoms with Crippen LogP contribution in [0.4, 0.5) is 0 Å². The summed E-state index contributed by atoms with van der Waals surface area (Å²) < 4.78 is 7.67. The van der Waals surface area contributed by atoms with Crippen LogP contribution in [-0.2, 0) is 6.54 Å². The highest BCUT2D eigenvalue weighted by molar-refractivity contribution is 9.10. The van der Waals surface area contributed by atoms with E-state index in [-0.39, 0.29) is 5.56 Å². The minimum Gasteiger partial charge on any atom is -0.468 e. The molecule has 2 aromatic rings. The summed E-state index contributed by atoms with van der Waals surface area (Å²) in [5.74, 6) is 0. The first-order valence-corrected chi connectivity index (χ1v) is 6.63. The summed E-state index contributed by atoms with van der Waals surface area (Å²) in [5, 5.41) is 1.98. The van der Waals surface area contributed by atoms with Crippen LogP contribution in [0.1, 0.15) is 10.6 Å². The Morgan fingerprint density at radius 3 is 2.88 bits per heavy atom. The second-order valence-electron chi connectivity index (χ2n) is 3.54. The Hall–Kier alpha value is -1.14. The molecule has 2 rings (SSSR count). The van der Waals surface area contributed by atoms with Gasteiger partial charge in [-0.3, -0.25) is 9.36 Å². The fourth-order valence-corrected chi connectivity index (χ4v) is 2.93. The van der Waals surface area contributed by atoms with Crippen molar-refractivity contribution in [3.8, 4) is 6.01 Å². The largest absolute Gasteiger partial charge is 0.468 e. The molecule has 0 saturated heterocycles. The molecule has 0 N–H and O–H groups in total. The Labute approximate surface area is 111 Å². The monoisotopic (exact) mass is 314 g/mol. The molecule has 4 nitrogen and oxygen atoms in total. The zero-order chi connectivity index (χ0) is 12.4. The van der Waals surface area contributed by atoms with E-state index >= 15 is 0 Å². The molecule has 0 atom stereocenters. The number of halogens is 1. The SMILES string of the molecule is COc1nc(C)cc(=O)n1Cc1cc(Br)cs1. The van der Waals surface area contributed by atoms with E-state index in [1.54, 1.807) is 18.3 Å². The molecule has 0 saturated carbocycles. The third-order valence-corrected chi connectivity index (χ3v) is 3.90. The van der Waals surface area contributed by atoms with Gasteiger partial charge in [0.15, 0.2) is 0 Å². The number of nitrogens with zero attached hydrogens (tertiary/aromatic N) is 2. The minimum absolute atomic E-state index is 0.0983. The molecule has 0 aliphatic rings. The Morgan fingerprint density at radius 1 is 1.53 bits per heavy atom. The number of thiophene rings is 1. The number of aromatic nitrogens is 2. The van der Waals surface area contributed by atoms with Gasteiger partial charge in [-0.1, -0.05) is 0 Å². The van der Waals surface area contributed by atoms with Gasteiger partial charge in [0.05, 0.1) is 13.7 Å². The Balaban J connectivity index is 2.41. The van der Waals surface area contributed by atoms with E-state index in [1.807, 2.05) is 11.4 Å². The van der Waals surface area contributed by atoms with E-state index in [0.29, 0.717) is 18.2 Å². The minimum atomic E-state index is -0.0983. The molecule has 6 heteroatoms. The highest BCUT2D eigenvalue weighted by atomic mass is 79.9. The van der Waals surface area contributed by atoms with Gasteiger partial charge in [0.2, 0.25) is 0 Å². The maximum Gasteiger partial charge on any atom is 0.299 e. The van der Waals surface area contributed by atoms with Crippen LogP contribution in [0.15, 0.2) is 26.8 Å². The third-order valence-electron chi connectivity index (χ3n) is 2.22. The molecule has 2 heterocycles. The average Bonchev–Trinajstić information content (AvgIpc) is 2.67. The fourth-order valence-electron chi connectivity index (χ4n) is 1.49. The van der Waals surface area contributed by atoms with Gasteiger partial charge in [-0.25, -0.2) is 4.98 Å². The van der Waals surface area contributed by atoms with Crippen LogP contribution in [0.3, 0.4) is 0 Å². The van der Waals surface area contributed by atoms with Crippen LogP contribution in [-0.4, -0.2) is 16.7 Å². The Morgan fingerprint density at radius 2 is 2.29 bits per heavy atom. The molecular formula is C11H11BrN2O2S. The molecule has 0 fully saturated rings. The first-order valence-electron chi connectivity index (χ1n) is 4.95. The van der Waals surface area contributed by atoms with E-state index in [2.05, 4.69) is 20.9 Å². The zero-order valence-corrected chi connectivity index (χ0v) is 11.8. The zero-order valence-electron chi connectivity index (χ0n) is 9.44. The lowest BCUT2D eigenvalue weighted by molar-refractivity contribution is 0.350. The van der Waals surface area contributed by atoms with Crippen molar-refractivity contribution in [1.29, 1.82) is 0 Å². The van der Waals surface area contributed by atoms with Crippen molar-refractivity contribution in [3.63, 3.8) is 0 Å². The molecule has 0 bridgehead atoms. The first-order chi connectivity index (χ1) is 8.10. The number of hydrogen-bond acceptors (Lipinski definition) is 4. The summed E-state index contributed by atoms with van der Waals surface area (Å²) in [4.78, 5) is 17.1. The normalized spacial score (nSPS) is 10.5. The van der Waals surface area contributed by atoms with Crippen molar-refractivity contribution in [3.05, 3.63) is 42.9 Å². The number of aryl methyl sites for hydroxylation is 1. The lowest BCUT2D eigenvalue weighted by Crippen LogP contribution is -2.22. The maximum atomic E-state index is 11.9. The molecule has 0 aromatic carbocycles. The summed E-state index contributed by atoms with van der Waals surface area (Å²) in [6.45, 7) is 2.25. The van der Waals surface area contributed by atoms with Gasteiger partial charge in [-0.05, 0) is 28.9 Å². The Kier molecular flexibility index (Phi) is 3.63. The van der Waals surface area contributed by atoms with Gasteiger partial charge in [0, 0.05) is 26.5 Å². The standard InChI is InChI=1S/C11H11BrN2O2S/c1-7-3-10(15)14(11(13-7)16-2)5-9-4-8(12)6-17-9/h3-4,6H,5H2,1-2H3. The number of ether oxygens (including phenoxy) is 1. The van der Waals surface area contributed by atoms with E-state index in [0.717, 1.165) is 9.35 Å². The molecule has 0 aliphatic heterocycles. The van der Waals surface area contributed by atoms with Gasteiger partial charge < -0.3 is 4.74 Å². The van der Waals surface area contributed by atoms with Crippen molar-refractivity contribution >= 4 is 27.3 Å². The van der Waals surface area contributed by atoms with Crippen molar-refractivity contribution in [2.24, 2.45) is 0 Å². The molecule has 90 valence electrons. The van der Waals surface area contributed by atoms with Gasteiger partial charge >= 0.3 is 0 Å². The average molecular weight is 315 g/mol. The third kappa shape index (κ3) is 2.76. The van der Waals surface area contributed by atoms with Crippen molar-refractivity contribution in [1.82, 2.24) is 9.55 Å². The van der Waals surface area contributed by atoms with Crippen LogP contribution >= 0.6 is 27.3 Å². The molecule has 2 aromatic heterocycles. The first kappa shape index (κ1) is 12.3. The molecule has 17 heavy (non-hydrogen) atoms. The highest BCUT2D eigenvalue weighted by Crippen LogP contribution is 2.21. The topological polar surface area (TPSA) is 44.1 Å². The summed E-state index contributed by atoms with van der Waals surface area (Å²) in [6, 6.07) is 3.83. The second kappa shape index (κ2) is 5.01. The van der Waals surface area contributed by atoms with Crippen LogP contribution < -0.4 is 10.3 Å². The van der Waals surface area contributed by atoms with Crippen LogP contribution in [0.2, 0.25) is 0 Å². The van der Waals surface area contributed by atoms with Gasteiger partial charge in [0.1, 0.15) is 0 Å². The van der Waals surface area contributed by atoms with E-state index < -0.39 is 0 Å². The number of methoxy groups -OCH3 is 1. The van der Waals surface area contributed by atoms with Crippen LogP contribution in [0.5, 0.6) is 6.01 Å². The molecule has 0 amide bonds. The molecule has 0 radical (unpaired) electrons. The number of hydrogen-bond donors (Lipinski definition) is 0. The number of rotatable bonds is 3. The van der Waals surface area contributed by atoms with Gasteiger partial charge in [-0.15, -0.1) is 11.3 Å². The summed E-state index contributed by atoms with van der Waals surface area (Å²) in [7, 11) is 1.52. The summed E-state index contributed by atoms with van der Waals surface area (Å²) in [5.41, 5.74) is 0.564. The van der Waals surface area contributed by atoms with Gasteiger partial charge in [0.25, 0.3) is 11.6 Å². The predicted octanol–water partition coefficient (Wildman–Crippen LogP) is 2.43. The lowest BCUT2D eigenvalue weighted by Gasteiger charge is -2.09. The summed E-state index contributed by atoms with van der Waals surface area (Å²) >= 11 is 4.97. The van der Waals surface area contributed by atoms with Crippen molar-refractivity contribution < 1.29 is 4.74 Å². The fraction of sp³-hybridized carbons (Fsp3) is 0.273. The summed E-state index contributed by atoms with van der Waals surface area (Å²) in [6.07, 6.45) is 0. The van der Waals surface area contributed by atoms with Crippen LogP contribution in [0, 0.1) is 6.92 Å². The lowest BCUT2D eigenvalue weighted by atomic mass is 10.4. The van der Waals surface area contributed by atoms with E-state index in [9.17, 15) is 4.79 Å². The Bertz CT molecular complexity index is 591. The predicted molar refractivity (Wildman–Crippen MR) is 70.9 cm³/mol. The molecule has 0 aliphatic carbocycles. The van der Waals surface area contributed by atoms with Gasteiger partial charge in [-0.2, -0.15) is 0 Å². The molecular weight excluding hydrogens is 304 g/mol. The highest BCUT2D eigenvalue weighted by Gasteiger charge is 2.09.